The van der Waals surface area contributed by atoms with Crippen LogP contribution in [0.1, 0.15) is 42.8 Å². The van der Waals surface area contributed by atoms with E-state index in [0.29, 0.717) is 17.1 Å². The zero-order valence-electron chi connectivity index (χ0n) is 11.5. The summed E-state index contributed by atoms with van der Waals surface area (Å²) in [5.41, 5.74) is 2.99. The van der Waals surface area contributed by atoms with Crippen molar-refractivity contribution in [1.29, 1.82) is 0 Å². The zero-order chi connectivity index (χ0) is 14.0. The van der Waals surface area contributed by atoms with Gasteiger partial charge in [0, 0.05) is 12.5 Å². The topological polar surface area (TPSA) is 38.1 Å². The number of hydrogen-bond donors (Lipinski definition) is 1. The molecule has 0 aliphatic rings. The number of aliphatic hydroxyl groups is 1. The van der Waals surface area contributed by atoms with E-state index in [1.807, 2.05) is 45.0 Å². The fraction of sp³-hybridized carbons (Fsp3) is 0.400. The van der Waals surface area contributed by atoms with Crippen LogP contribution < -0.4 is 0 Å². The van der Waals surface area contributed by atoms with Crippen molar-refractivity contribution >= 4 is 11.6 Å². The molecule has 0 amide bonds. The Morgan fingerprint density at radius 3 is 2.47 bits per heavy atom. The minimum absolute atomic E-state index is 0.176. The summed E-state index contributed by atoms with van der Waals surface area (Å²) in [5, 5.41) is 15.1. The first kappa shape index (κ1) is 14.1. The van der Waals surface area contributed by atoms with Gasteiger partial charge in [0.2, 0.25) is 0 Å². The molecule has 0 aliphatic carbocycles. The van der Waals surface area contributed by atoms with Crippen LogP contribution in [0.2, 0.25) is 5.02 Å². The van der Waals surface area contributed by atoms with Gasteiger partial charge in [-0.3, -0.25) is 4.68 Å². The lowest BCUT2D eigenvalue weighted by atomic mass is 10.0. The molecule has 0 spiro atoms. The quantitative estimate of drug-likeness (QED) is 0.926. The number of halogens is 1. The number of aliphatic hydroxyl groups excluding tert-OH is 1. The molecule has 19 heavy (non-hydrogen) atoms. The van der Waals surface area contributed by atoms with Gasteiger partial charge in [-0.25, -0.2) is 0 Å². The Bertz CT molecular complexity index is 546. The minimum Gasteiger partial charge on any atom is -0.386 e. The zero-order valence-corrected chi connectivity index (χ0v) is 12.2. The van der Waals surface area contributed by atoms with Crippen molar-refractivity contribution in [3.05, 3.63) is 52.3 Å². The number of nitrogens with zero attached hydrogens (tertiary/aromatic N) is 2. The van der Waals surface area contributed by atoms with Crippen LogP contribution in [0.15, 0.2) is 30.5 Å². The van der Waals surface area contributed by atoms with Crippen LogP contribution in [0.3, 0.4) is 0 Å². The van der Waals surface area contributed by atoms with Crippen LogP contribution in [0.25, 0.3) is 0 Å². The van der Waals surface area contributed by atoms with E-state index >= 15 is 0 Å². The van der Waals surface area contributed by atoms with Gasteiger partial charge in [-0.1, -0.05) is 41.4 Å². The van der Waals surface area contributed by atoms with Crippen LogP contribution in [-0.2, 0) is 6.42 Å². The van der Waals surface area contributed by atoms with Gasteiger partial charge in [0.25, 0.3) is 0 Å². The van der Waals surface area contributed by atoms with Crippen molar-refractivity contribution in [2.75, 3.05) is 0 Å². The molecule has 0 bridgehead atoms. The molecule has 1 aromatic heterocycles. The Kier molecular flexibility index (Phi) is 4.27. The van der Waals surface area contributed by atoms with E-state index in [9.17, 15) is 5.11 Å². The molecule has 2 aromatic rings. The second-order valence-corrected chi connectivity index (χ2v) is 5.53. The highest BCUT2D eigenvalue weighted by Crippen LogP contribution is 2.27. The maximum Gasteiger partial charge on any atom is 0.101 e. The van der Waals surface area contributed by atoms with Crippen LogP contribution in [0.4, 0.5) is 0 Å². The first-order valence-corrected chi connectivity index (χ1v) is 6.83. The average Bonchev–Trinajstić information content (AvgIpc) is 2.74. The van der Waals surface area contributed by atoms with Gasteiger partial charge >= 0.3 is 0 Å². The molecule has 0 saturated heterocycles. The minimum atomic E-state index is -0.639. The molecular formula is C15H19ClN2O. The first-order chi connectivity index (χ1) is 8.99. The fourth-order valence-electron chi connectivity index (χ4n) is 2.12. The lowest BCUT2D eigenvalue weighted by Gasteiger charge is -2.16. The number of aromatic nitrogens is 2. The molecule has 0 radical (unpaired) electrons. The standard InChI is InChI=1S/C15H19ClN2O/c1-10(2)18-15(13(16)9-17-18)14(19)8-12-6-4-11(3)5-7-12/h4-7,9-10,14,19H,8H2,1-3H3. The largest absolute Gasteiger partial charge is 0.386 e. The van der Waals surface area contributed by atoms with Crippen LogP contribution in [-0.4, -0.2) is 14.9 Å². The summed E-state index contributed by atoms with van der Waals surface area (Å²) in [6.45, 7) is 6.09. The number of benzene rings is 1. The maximum atomic E-state index is 10.4. The first-order valence-electron chi connectivity index (χ1n) is 6.45. The summed E-state index contributed by atoms with van der Waals surface area (Å²) >= 11 is 6.13. The van der Waals surface area contributed by atoms with Gasteiger partial charge in [-0.2, -0.15) is 5.10 Å². The third kappa shape index (κ3) is 3.17. The molecule has 0 aliphatic heterocycles. The van der Waals surface area contributed by atoms with Crippen molar-refractivity contribution < 1.29 is 5.11 Å². The Morgan fingerprint density at radius 1 is 1.26 bits per heavy atom. The monoisotopic (exact) mass is 278 g/mol. The van der Waals surface area contributed by atoms with Crippen molar-refractivity contribution in [3.8, 4) is 0 Å². The van der Waals surface area contributed by atoms with E-state index in [4.69, 9.17) is 11.6 Å². The maximum absolute atomic E-state index is 10.4. The van der Waals surface area contributed by atoms with Gasteiger partial charge in [0.1, 0.15) is 6.10 Å². The van der Waals surface area contributed by atoms with Crippen LogP contribution in [0.5, 0.6) is 0 Å². The van der Waals surface area contributed by atoms with Crippen LogP contribution >= 0.6 is 11.6 Å². The smallest absolute Gasteiger partial charge is 0.101 e. The summed E-state index contributed by atoms with van der Waals surface area (Å²) in [5.74, 6) is 0. The molecule has 0 saturated carbocycles. The molecule has 4 heteroatoms. The Labute approximate surface area is 118 Å². The molecule has 1 atom stereocenters. The van der Waals surface area contributed by atoms with Crippen LogP contribution in [0, 0.1) is 6.92 Å². The van der Waals surface area contributed by atoms with E-state index in [1.54, 1.807) is 10.9 Å². The van der Waals surface area contributed by atoms with Gasteiger partial charge in [0.05, 0.1) is 16.9 Å². The molecule has 0 fully saturated rings. The fourth-order valence-corrected chi connectivity index (χ4v) is 2.37. The highest BCUT2D eigenvalue weighted by atomic mass is 35.5. The predicted molar refractivity (Wildman–Crippen MR) is 77.5 cm³/mol. The van der Waals surface area contributed by atoms with E-state index in [2.05, 4.69) is 5.10 Å². The van der Waals surface area contributed by atoms with Gasteiger partial charge in [-0.15, -0.1) is 0 Å². The highest BCUT2D eigenvalue weighted by molar-refractivity contribution is 6.31. The highest BCUT2D eigenvalue weighted by Gasteiger charge is 2.19. The van der Waals surface area contributed by atoms with E-state index in [1.165, 1.54) is 5.56 Å². The molecule has 1 N–H and O–H groups in total. The lowest BCUT2D eigenvalue weighted by Crippen LogP contribution is -2.13. The number of rotatable bonds is 4. The summed E-state index contributed by atoms with van der Waals surface area (Å²) < 4.78 is 1.78. The Morgan fingerprint density at radius 2 is 1.89 bits per heavy atom. The van der Waals surface area contributed by atoms with E-state index in [0.717, 1.165) is 5.56 Å². The Hall–Kier alpha value is -1.32. The lowest BCUT2D eigenvalue weighted by molar-refractivity contribution is 0.165. The van der Waals surface area contributed by atoms with Crippen molar-refractivity contribution in [2.45, 2.75) is 39.3 Å². The summed E-state index contributed by atoms with van der Waals surface area (Å²) in [4.78, 5) is 0. The van der Waals surface area contributed by atoms with Gasteiger partial charge in [-0.05, 0) is 26.3 Å². The Balaban J connectivity index is 2.22. The third-order valence-corrected chi connectivity index (χ3v) is 3.43. The van der Waals surface area contributed by atoms with Crippen molar-refractivity contribution in [2.24, 2.45) is 0 Å². The van der Waals surface area contributed by atoms with Gasteiger partial charge < -0.3 is 5.11 Å². The molecular weight excluding hydrogens is 260 g/mol. The normalized spacial score (nSPS) is 12.9. The molecule has 1 unspecified atom stereocenters. The van der Waals surface area contributed by atoms with Gasteiger partial charge in [0.15, 0.2) is 0 Å². The number of hydrogen-bond acceptors (Lipinski definition) is 2. The van der Waals surface area contributed by atoms with Crippen molar-refractivity contribution in [1.82, 2.24) is 9.78 Å². The molecule has 1 aromatic carbocycles. The molecule has 3 nitrogen and oxygen atoms in total. The average molecular weight is 279 g/mol. The third-order valence-electron chi connectivity index (χ3n) is 3.14. The van der Waals surface area contributed by atoms with E-state index < -0.39 is 6.10 Å². The second kappa shape index (κ2) is 5.76. The molecule has 2 rings (SSSR count). The van der Waals surface area contributed by atoms with E-state index in [-0.39, 0.29) is 6.04 Å². The second-order valence-electron chi connectivity index (χ2n) is 5.12. The summed E-state index contributed by atoms with van der Waals surface area (Å²) in [6, 6.07) is 8.33. The van der Waals surface area contributed by atoms with Crippen molar-refractivity contribution in [3.63, 3.8) is 0 Å². The predicted octanol–water partition coefficient (Wildman–Crippen LogP) is 3.70. The summed E-state index contributed by atoms with van der Waals surface area (Å²) in [7, 11) is 0. The number of aryl methyl sites for hydroxylation is 1. The summed E-state index contributed by atoms with van der Waals surface area (Å²) in [6.07, 6.45) is 1.49. The SMILES string of the molecule is Cc1ccc(CC(O)c2c(Cl)cnn2C(C)C)cc1. The molecule has 1 heterocycles. The molecule has 102 valence electrons.